The minimum atomic E-state index is 0.588. The molecule has 4 rings (SSSR count). The highest BCUT2D eigenvalue weighted by atomic mass is 35.5. The van der Waals surface area contributed by atoms with Crippen molar-refractivity contribution in [3.63, 3.8) is 0 Å². The Balaban J connectivity index is 1.53. The van der Waals surface area contributed by atoms with Crippen molar-refractivity contribution in [2.45, 2.75) is 71.1 Å². The zero-order chi connectivity index (χ0) is 24.0. The van der Waals surface area contributed by atoms with Crippen LogP contribution in [0.1, 0.15) is 76.7 Å². The quantitative estimate of drug-likeness (QED) is 0.375. The van der Waals surface area contributed by atoms with Crippen LogP contribution >= 0.6 is 11.6 Å². The topological polar surface area (TPSA) is 19.0 Å². The van der Waals surface area contributed by atoms with Crippen molar-refractivity contribution in [1.82, 2.24) is 4.90 Å². The average Bonchev–Trinajstić information content (AvgIpc) is 2.90. The molecule has 0 N–H and O–H groups in total. The number of piperidine rings is 1. The van der Waals surface area contributed by atoms with Crippen LogP contribution in [0.2, 0.25) is 0 Å². The average molecular weight is 490 g/mol. The van der Waals surface area contributed by atoms with Gasteiger partial charge in [0.2, 0.25) is 0 Å². The zero-order valence-corrected chi connectivity index (χ0v) is 22.8. The Labute approximate surface area is 214 Å². The molecule has 3 fully saturated rings. The number of methoxy groups -OCH3 is 1. The second kappa shape index (κ2) is 12.3. The molecule has 0 aromatic heterocycles. The van der Waals surface area contributed by atoms with Gasteiger partial charge in [-0.15, -0.1) is 11.6 Å². The molecule has 3 aliphatic rings. The van der Waals surface area contributed by atoms with Gasteiger partial charge < -0.3 is 14.5 Å². The Kier molecular flexibility index (Phi) is 9.46. The molecule has 2 saturated heterocycles. The number of ether oxygens (including phenoxy) is 1. The molecule has 2 heterocycles. The fraction of sp³-hybridized carbons (Fsp3) is 0.793. The first kappa shape index (κ1) is 26.1. The summed E-state index contributed by atoms with van der Waals surface area (Å²) in [5.41, 5.74) is 5.17. The lowest BCUT2D eigenvalue weighted by molar-refractivity contribution is 0.139. The number of halogens is 1. The molecule has 2 aliphatic heterocycles. The van der Waals surface area contributed by atoms with E-state index in [4.69, 9.17) is 16.3 Å². The van der Waals surface area contributed by atoms with Crippen LogP contribution in [-0.2, 0) is 4.74 Å². The van der Waals surface area contributed by atoms with Gasteiger partial charge in [-0.3, -0.25) is 4.90 Å². The molecule has 34 heavy (non-hydrogen) atoms. The monoisotopic (exact) mass is 489 g/mol. The Morgan fingerprint density at radius 2 is 1.59 bits per heavy atom. The van der Waals surface area contributed by atoms with E-state index in [0.717, 1.165) is 64.2 Å². The summed E-state index contributed by atoms with van der Waals surface area (Å²) in [5.74, 6) is 2.16. The minimum absolute atomic E-state index is 0.588. The summed E-state index contributed by atoms with van der Waals surface area (Å²) in [6, 6.07) is 7.46. The fourth-order valence-electron chi connectivity index (χ4n) is 6.78. The maximum Gasteiger partial charge on any atom is 0.0491 e. The largest absolute Gasteiger partial charge is 0.384 e. The third-order valence-corrected chi connectivity index (χ3v) is 9.66. The van der Waals surface area contributed by atoms with Crippen molar-refractivity contribution in [1.29, 1.82) is 0 Å². The van der Waals surface area contributed by atoms with E-state index in [-0.39, 0.29) is 0 Å². The van der Waals surface area contributed by atoms with Gasteiger partial charge in [-0.2, -0.15) is 0 Å². The van der Waals surface area contributed by atoms with Gasteiger partial charge in [-0.05, 0) is 79.5 Å². The summed E-state index contributed by atoms with van der Waals surface area (Å²) in [4.78, 5) is 7.80. The van der Waals surface area contributed by atoms with E-state index in [0.29, 0.717) is 11.3 Å². The number of benzene rings is 1. The molecular formula is C29H48ClN3O. The summed E-state index contributed by atoms with van der Waals surface area (Å²) >= 11 is 6.01. The molecule has 0 atom stereocenters. The van der Waals surface area contributed by atoms with Crippen LogP contribution < -0.4 is 9.80 Å². The van der Waals surface area contributed by atoms with Crippen molar-refractivity contribution in [3.8, 4) is 0 Å². The van der Waals surface area contributed by atoms with Gasteiger partial charge in [0, 0.05) is 76.8 Å². The predicted octanol–water partition coefficient (Wildman–Crippen LogP) is 6.37. The molecule has 1 aliphatic carbocycles. The molecule has 4 nitrogen and oxygen atoms in total. The molecule has 0 unspecified atom stereocenters. The lowest BCUT2D eigenvalue weighted by Crippen LogP contribution is -2.47. The molecule has 0 bridgehead atoms. The van der Waals surface area contributed by atoms with Crippen molar-refractivity contribution in [2.24, 2.45) is 11.3 Å². The first-order chi connectivity index (χ1) is 16.6. The second-order valence-corrected chi connectivity index (χ2v) is 11.5. The van der Waals surface area contributed by atoms with Gasteiger partial charge in [-0.1, -0.05) is 26.7 Å². The van der Waals surface area contributed by atoms with E-state index in [9.17, 15) is 0 Å². The summed E-state index contributed by atoms with van der Waals surface area (Å²) in [7, 11) is 1.84. The third-order valence-electron chi connectivity index (χ3n) is 9.49. The van der Waals surface area contributed by atoms with Crippen LogP contribution in [0.25, 0.3) is 0 Å². The van der Waals surface area contributed by atoms with Crippen LogP contribution in [0, 0.1) is 11.3 Å². The maximum atomic E-state index is 6.01. The minimum Gasteiger partial charge on any atom is -0.384 e. The SMILES string of the molecule is CCC1(CC)CCC(c2cc(N3CCC(COC)CC3)ccc2N2CCN(CCCl)CC2)CC1. The van der Waals surface area contributed by atoms with Crippen LogP contribution in [0.3, 0.4) is 0 Å². The van der Waals surface area contributed by atoms with E-state index in [1.54, 1.807) is 5.56 Å². The van der Waals surface area contributed by atoms with Crippen LogP contribution in [-0.4, -0.2) is 70.3 Å². The van der Waals surface area contributed by atoms with Gasteiger partial charge in [0.25, 0.3) is 0 Å². The fourth-order valence-corrected chi connectivity index (χ4v) is 7.02. The maximum absolute atomic E-state index is 6.01. The normalized spacial score (nSPS) is 22.9. The summed E-state index contributed by atoms with van der Waals surface area (Å²) in [6.45, 7) is 13.5. The number of piperazine rings is 1. The number of hydrogen-bond donors (Lipinski definition) is 0. The Bertz CT molecular complexity index is 742. The standard InChI is InChI=1S/C29H48ClN3O/c1-4-29(5-2)12-8-25(9-13-29)27-22-26(32-15-10-24(11-16-32)23-34-3)6-7-28(27)33-20-18-31(17-14-30)19-21-33/h6-7,22,24-25H,4-5,8-21,23H2,1-3H3. The molecule has 0 spiro atoms. The summed E-state index contributed by atoms with van der Waals surface area (Å²) in [6.07, 6.45) is 10.6. The molecule has 5 heteroatoms. The summed E-state index contributed by atoms with van der Waals surface area (Å²) < 4.78 is 5.43. The van der Waals surface area contributed by atoms with Crippen LogP contribution in [0.15, 0.2) is 18.2 Å². The number of nitrogens with zero attached hydrogens (tertiary/aromatic N) is 3. The predicted molar refractivity (Wildman–Crippen MR) is 147 cm³/mol. The van der Waals surface area contributed by atoms with E-state index < -0.39 is 0 Å². The number of hydrogen-bond acceptors (Lipinski definition) is 4. The lowest BCUT2D eigenvalue weighted by atomic mass is 9.66. The van der Waals surface area contributed by atoms with Crippen LogP contribution in [0.5, 0.6) is 0 Å². The number of anilines is 2. The van der Waals surface area contributed by atoms with E-state index in [1.807, 2.05) is 7.11 Å². The van der Waals surface area contributed by atoms with Gasteiger partial charge in [0.05, 0.1) is 0 Å². The van der Waals surface area contributed by atoms with Crippen molar-refractivity contribution in [2.75, 3.05) is 75.2 Å². The van der Waals surface area contributed by atoms with Crippen LogP contribution in [0.4, 0.5) is 11.4 Å². The summed E-state index contributed by atoms with van der Waals surface area (Å²) in [5, 5.41) is 0. The Hall–Kier alpha value is -0.970. The van der Waals surface area contributed by atoms with Gasteiger partial charge in [-0.25, -0.2) is 0 Å². The number of alkyl halides is 1. The Morgan fingerprint density at radius 1 is 0.912 bits per heavy atom. The molecule has 1 aromatic carbocycles. The third kappa shape index (κ3) is 6.05. The second-order valence-electron chi connectivity index (χ2n) is 11.1. The van der Waals surface area contributed by atoms with Gasteiger partial charge in [0.15, 0.2) is 0 Å². The smallest absolute Gasteiger partial charge is 0.0491 e. The van der Waals surface area contributed by atoms with E-state index >= 15 is 0 Å². The first-order valence-corrected chi connectivity index (χ1v) is 14.6. The molecule has 0 amide bonds. The Morgan fingerprint density at radius 3 is 2.18 bits per heavy atom. The highest BCUT2D eigenvalue weighted by molar-refractivity contribution is 6.18. The zero-order valence-electron chi connectivity index (χ0n) is 22.0. The molecule has 0 radical (unpaired) electrons. The molecule has 1 aromatic rings. The number of rotatable bonds is 9. The van der Waals surface area contributed by atoms with E-state index in [1.165, 1.54) is 62.7 Å². The van der Waals surface area contributed by atoms with Crippen molar-refractivity contribution in [3.05, 3.63) is 23.8 Å². The highest BCUT2D eigenvalue weighted by Crippen LogP contribution is 2.49. The van der Waals surface area contributed by atoms with Gasteiger partial charge in [0.1, 0.15) is 0 Å². The van der Waals surface area contributed by atoms with Crippen molar-refractivity contribution >= 4 is 23.0 Å². The van der Waals surface area contributed by atoms with Gasteiger partial charge >= 0.3 is 0 Å². The lowest BCUT2D eigenvalue weighted by Gasteiger charge is -2.42. The highest BCUT2D eigenvalue weighted by Gasteiger charge is 2.34. The van der Waals surface area contributed by atoms with E-state index in [2.05, 4.69) is 46.7 Å². The molecule has 1 saturated carbocycles. The molecular weight excluding hydrogens is 442 g/mol. The molecule has 192 valence electrons. The first-order valence-electron chi connectivity index (χ1n) is 14.0. The van der Waals surface area contributed by atoms with Crippen molar-refractivity contribution < 1.29 is 4.74 Å².